The average Bonchev–Trinajstić information content (AvgIpc) is 3.47. The van der Waals surface area contributed by atoms with Gasteiger partial charge in [0.15, 0.2) is 0 Å². The molecule has 3 fully saturated rings. The summed E-state index contributed by atoms with van der Waals surface area (Å²) in [7, 11) is 0. The molecule has 4 rings (SSSR count). The number of hydrogen-bond acceptors (Lipinski definition) is 6. The first-order valence-electron chi connectivity index (χ1n) is 13.4. The molecule has 2 amide bonds. The Kier molecular flexibility index (Phi) is 7.76. The number of ether oxygens (including phenoxy) is 2. The first-order valence-corrected chi connectivity index (χ1v) is 13.4. The molecule has 7 atom stereocenters. The number of nitrogens with one attached hydrogen (secondary N) is 1. The van der Waals surface area contributed by atoms with E-state index in [1.165, 1.54) is 4.90 Å². The van der Waals surface area contributed by atoms with Crippen molar-refractivity contribution in [2.24, 2.45) is 11.8 Å². The number of aliphatic hydroxyl groups is 1. The molecule has 3 heterocycles. The normalized spacial score (nSPS) is 32.3. The van der Waals surface area contributed by atoms with E-state index in [0.717, 1.165) is 18.4 Å². The Labute approximate surface area is 213 Å². The SMILES string of the molecule is CCCC(C)NC(=O)C1N([C@@H](CO)Cc2ccccc2)C(=O)[C@@H]2[C@@H](C(=O)OCC)[C@@]3(CC)CCC12O3. The van der Waals surface area contributed by atoms with Gasteiger partial charge in [-0.15, -0.1) is 0 Å². The zero-order chi connectivity index (χ0) is 26.1. The second-order valence-electron chi connectivity index (χ2n) is 10.6. The van der Waals surface area contributed by atoms with Crippen molar-refractivity contribution in [2.45, 2.75) is 95.5 Å². The Morgan fingerprint density at radius 2 is 1.94 bits per heavy atom. The van der Waals surface area contributed by atoms with E-state index in [1.54, 1.807) is 6.92 Å². The van der Waals surface area contributed by atoms with E-state index >= 15 is 0 Å². The molecule has 2 N–H and O–H groups in total. The van der Waals surface area contributed by atoms with Crippen molar-refractivity contribution in [3.8, 4) is 0 Å². The van der Waals surface area contributed by atoms with E-state index in [0.29, 0.717) is 25.7 Å². The van der Waals surface area contributed by atoms with Gasteiger partial charge in [-0.25, -0.2) is 0 Å². The third-order valence-corrected chi connectivity index (χ3v) is 8.44. The van der Waals surface area contributed by atoms with E-state index in [9.17, 15) is 19.5 Å². The van der Waals surface area contributed by atoms with E-state index in [1.807, 2.05) is 44.2 Å². The molecule has 198 valence electrons. The first-order chi connectivity index (χ1) is 17.3. The molecular weight excluding hydrogens is 460 g/mol. The van der Waals surface area contributed by atoms with Gasteiger partial charge in [0.1, 0.15) is 17.6 Å². The van der Waals surface area contributed by atoms with Crippen molar-refractivity contribution in [3.63, 3.8) is 0 Å². The summed E-state index contributed by atoms with van der Waals surface area (Å²) < 4.78 is 12.1. The topological polar surface area (TPSA) is 105 Å². The maximum Gasteiger partial charge on any atom is 0.312 e. The van der Waals surface area contributed by atoms with Crippen molar-refractivity contribution in [1.82, 2.24) is 10.2 Å². The smallest absolute Gasteiger partial charge is 0.312 e. The molecule has 0 saturated carbocycles. The summed E-state index contributed by atoms with van der Waals surface area (Å²) in [5, 5.41) is 13.6. The van der Waals surface area contributed by atoms with Crippen LogP contribution in [0.3, 0.4) is 0 Å². The van der Waals surface area contributed by atoms with Crippen molar-refractivity contribution in [2.75, 3.05) is 13.2 Å². The summed E-state index contributed by atoms with van der Waals surface area (Å²) in [6, 6.07) is 7.98. The summed E-state index contributed by atoms with van der Waals surface area (Å²) in [6.45, 7) is 7.61. The quantitative estimate of drug-likeness (QED) is 0.453. The summed E-state index contributed by atoms with van der Waals surface area (Å²) >= 11 is 0. The Morgan fingerprint density at radius 3 is 2.56 bits per heavy atom. The van der Waals surface area contributed by atoms with E-state index in [2.05, 4.69) is 12.2 Å². The Bertz CT molecular complexity index is 970. The van der Waals surface area contributed by atoms with E-state index < -0.39 is 41.1 Å². The van der Waals surface area contributed by atoms with Gasteiger partial charge in [-0.3, -0.25) is 14.4 Å². The predicted molar refractivity (Wildman–Crippen MR) is 134 cm³/mol. The minimum absolute atomic E-state index is 0.0730. The zero-order valence-electron chi connectivity index (χ0n) is 21.9. The molecule has 0 aromatic heterocycles. The van der Waals surface area contributed by atoms with Gasteiger partial charge in [0, 0.05) is 6.04 Å². The number of likely N-dealkylation sites (tertiary alicyclic amines) is 1. The lowest BCUT2D eigenvalue weighted by Gasteiger charge is -2.37. The highest BCUT2D eigenvalue weighted by Gasteiger charge is 2.79. The van der Waals surface area contributed by atoms with Crippen LogP contribution in [0.2, 0.25) is 0 Å². The van der Waals surface area contributed by atoms with Crippen LogP contribution in [0.5, 0.6) is 0 Å². The second-order valence-corrected chi connectivity index (χ2v) is 10.6. The number of carbonyl (C=O) groups excluding carboxylic acids is 3. The standard InChI is InChI=1S/C28H40N2O6/c1-5-11-18(4)29-24(32)23-28-15-14-27(6-2,36-28)22(26(34)35-7-3)21(28)25(33)30(23)20(17-31)16-19-12-9-8-10-13-19/h8-10,12-13,18,20-23,31H,5-7,11,14-17H2,1-4H3,(H,29,32)/t18?,20-,21+,22+,23?,27-,28?/m1/s1. The number of hydrogen-bond donors (Lipinski definition) is 2. The molecule has 3 unspecified atom stereocenters. The lowest BCUT2D eigenvalue weighted by molar-refractivity contribution is -0.162. The van der Waals surface area contributed by atoms with Gasteiger partial charge < -0.3 is 24.8 Å². The van der Waals surface area contributed by atoms with Gasteiger partial charge in [-0.05, 0) is 51.5 Å². The molecule has 0 radical (unpaired) electrons. The fraction of sp³-hybridized carbons (Fsp3) is 0.679. The molecule has 8 heteroatoms. The van der Waals surface area contributed by atoms with Gasteiger partial charge in [-0.1, -0.05) is 50.6 Å². The van der Waals surface area contributed by atoms with Crippen LogP contribution in [-0.2, 0) is 30.3 Å². The number of esters is 1. The lowest BCUT2D eigenvalue weighted by atomic mass is 9.65. The molecular formula is C28H40N2O6. The number of rotatable bonds is 11. The van der Waals surface area contributed by atoms with Crippen molar-refractivity contribution < 1.29 is 29.0 Å². The van der Waals surface area contributed by atoms with Crippen LogP contribution in [-0.4, -0.2) is 70.3 Å². The molecule has 3 aliphatic rings. The molecule has 0 aliphatic carbocycles. The summed E-state index contributed by atoms with van der Waals surface area (Å²) in [5.74, 6) is -2.61. The van der Waals surface area contributed by atoms with Crippen LogP contribution in [0.4, 0.5) is 0 Å². The number of fused-ring (bicyclic) bond motifs is 1. The monoisotopic (exact) mass is 500 g/mol. The number of nitrogens with zero attached hydrogens (tertiary/aromatic N) is 1. The van der Waals surface area contributed by atoms with Crippen LogP contribution in [0.1, 0.15) is 65.4 Å². The fourth-order valence-corrected chi connectivity index (χ4v) is 6.90. The maximum absolute atomic E-state index is 14.2. The first kappa shape index (κ1) is 26.6. The number of benzene rings is 1. The number of carbonyl (C=O) groups is 3. The molecule has 1 spiro atoms. The van der Waals surface area contributed by atoms with Gasteiger partial charge >= 0.3 is 5.97 Å². The highest BCUT2D eigenvalue weighted by Crippen LogP contribution is 2.64. The third kappa shape index (κ3) is 4.22. The molecule has 2 bridgehead atoms. The van der Waals surface area contributed by atoms with Crippen molar-refractivity contribution in [3.05, 3.63) is 35.9 Å². The van der Waals surface area contributed by atoms with Crippen molar-refractivity contribution in [1.29, 1.82) is 0 Å². The zero-order valence-corrected chi connectivity index (χ0v) is 21.9. The van der Waals surface area contributed by atoms with E-state index in [4.69, 9.17) is 9.47 Å². The van der Waals surface area contributed by atoms with Crippen LogP contribution >= 0.6 is 0 Å². The molecule has 3 aliphatic heterocycles. The highest BCUT2D eigenvalue weighted by molar-refractivity contribution is 5.98. The Balaban J connectivity index is 1.77. The van der Waals surface area contributed by atoms with E-state index in [-0.39, 0.29) is 31.1 Å². The molecule has 3 saturated heterocycles. The Hall–Kier alpha value is -2.45. The second kappa shape index (κ2) is 10.5. The molecule has 1 aromatic carbocycles. The predicted octanol–water partition coefficient (Wildman–Crippen LogP) is 2.61. The number of aliphatic hydroxyl groups excluding tert-OH is 1. The summed E-state index contributed by atoms with van der Waals surface area (Å²) in [5.41, 5.74) is -0.986. The van der Waals surface area contributed by atoms with Crippen LogP contribution < -0.4 is 5.32 Å². The van der Waals surface area contributed by atoms with Crippen LogP contribution in [0.25, 0.3) is 0 Å². The molecule has 36 heavy (non-hydrogen) atoms. The van der Waals surface area contributed by atoms with Gasteiger partial charge in [0.2, 0.25) is 11.8 Å². The largest absolute Gasteiger partial charge is 0.466 e. The summed E-state index contributed by atoms with van der Waals surface area (Å²) in [6.07, 6.45) is 3.76. The van der Waals surface area contributed by atoms with Crippen LogP contribution in [0.15, 0.2) is 30.3 Å². The van der Waals surface area contributed by atoms with Crippen molar-refractivity contribution >= 4 is 17.8 Å². The van der Waals surface area contributed by atoms with Gasteiger partial charge in [-0.2, -0.15) is 0 Å². The molecule has 8 nitrogen and oxygen atoms in total. The molecule has 1 aromatic rings. The summed E-state index contributed by atoms with van der Waals surface area (Å²) in [4.78, 5) is 42.9. The lowest BCUT2D eigenvalue weighted by Crippen LogP contribution is -2.59. The third-order valence-electron chi connectivity index (χ3n) is 8.44. The Morgan fingerprint density at radius 1 is 1.22 bits per heavy atom. The average molecular weight is 501 g/mol. The fourth-order valence-electron chi connectivity index (χ4n) is 6.90. The highest BCUT2D eigenvalue weighted by atomic mass is 16.6. The van der Waals surface area contributed by atoms with Gasteiger partial charge in [0.25, 0.3) is 0 Å². The van der Waals surface area contributed by atoms with Gasteiger partial charge in [0.05, 0.1) is 30.8 Å². The van der Waals surface area contributed by atoms with Crippen LogP contribution in [0, 0.1) is 11.8 Å². The minimum Gasteiger partial charge on any atom is -0.466 e. The number of amides is 2. The minimum atomic E-state index is -1.12. The maximum atomic E-state index is 14.2.